The van der Waals surface area contributed by atoms with E-state index in [1.165, 1.54) is 122 Å². The van der Waals surface area contributed by atoms with Gasteiger partial charge in [-0.1, -0.05) is 154 Å². The summed E-state index contributed by atoms with van der Waals surface area (Å²) < 4.78 is 0. The summed E-state index contributed by atoms with van der Waals surface area (Å²) >= 11 is 0. The maximum absolute atomic E-state index is 12.0. The molecule has 220 valence electrons. The molecule has 0 aromatic heterocycles. The van der Waals surface area contributed by atoms with Crippen LogP contribution in [-0.2, 0) is 4.79 Å². The lowest BCUT2D eigenvalue weighted by Gasteiger charge is -2.07. The Morgan fingerprint density at radius 1 is 0.595 bits per heavy atom. The van der Waals surface area contributed by atoms with E-state index in [4.69, 9.17) is 0 Å². The molecular formula is C34H67NO2. The summed E-state index contributed by atoms with van der Waals surface area (Å²) in [6.45, 7) is 5.36. The van der Waals surface area contributed by atoms with Gasteiger partial charge in [0.2, 0.25) is 5.91 Å². The van der Waals surface area contributed by atoms with Crippen molar-refractivity contribution in [3.63, 3.8) is 0 Å². The van der Waals surface area contributed by atoms with Crippen molar-refractivity contribution in [1.29, 1.82) is 0 Å². The molecule has 0 saturated carbocycles. The first-order valence-electron chi connectivity index (χ1n) is 16.8. The lowest BCUT2D eigenvalue weighted by molar-refractivity contribution is -0.121. The normalized spacial score (nSPS) is 12.4. The minimum Gasteiger partial charge on any atom is -0.393 e. The molecule has 1 atom stereocenters. The predicted molar refractivity (Wildman–Crippen MR) is 164 cm³/mol. The number of amides is 1. The third-order valence-electron chi connectivity index (χ3n) is 7.59. The summed E-state index contributed by atoms with van der Waals surface area (Å²) in [4.78, 5) is 12.0. The average Bonchev–Trinajstić information content (AvgIpc) is 2.90. The van der Waals surface area contributed by atoms with E-state index < -0.39 is 0 Å². The van der Waals surface area contributed by atoms with Gasteiger partial charge in [-0.3, -0.25) is 4.79 Å². The van der Waals surface area contributed by atoms with Gasteiger partial charge in [0.05, 0.1) is 6.10 Å². The molecule has 0 aromatic rings. The molecule has 0 saturated heterocycles. The van der Waals surface area contributed by atoms with Crippen LogP contribution in [0.2, 0.25) is 0 Å². The van der Waals surface area contributed by atoms with E-state index in [0.717, 1.165) is 51.5 Å². The van der Waals surface area contributed by atoms with Gasteiger partial charge in [-0.2, -0.15) is 0 Å². The van der Waals surface area contributed by atoms with Crippen LogP contribution in [0.15, 0.2) is 12.2 Å². The Bertz CT molecular complexity index is 476. The fraction of sp³-hybridized carbons (Fsp3) is 0.912. The summed E-state index contributed by atoms with van der Waals surface area (Å²) in [5.41, 5.74) is 0. The molecule has 37 heavy (non-hydrogen) atoms. The number of unbranched alkanes of at least 4 members (excludes halogenated alkanes) is 21. The molecule has 0 unspecified atom stereocenters. The van der Waals surface area contributed by atoms with E-state index in [1.807, 2.05) is 0 Å². The zero-order chi connectivity index (χ0) is 27.1. The number of allylic oxidation sites excluding steroid dienone is 1. The van der Waals surface area contributed by atoms with Gasteiger partial charge in [-0.25, -0.2) is 0 Å². The third-order valence-corrected chi connectivity index (χ3v) is 7.59. The van der Waals surface area contributed by atoms with Gasteiger partial charge in [0.25, 0.3) is 0 Å². The van der Waals surface area contributed by atoms with Crippen LogP contribution >= 0.6 is 0 Å². The average molecular weight is 522 g/mol. The largest absolute Gasteiger partial charge is 0.393 e. The molecule has 3 heteroatoms. The SMILES string of the molecule is CCCCCCCCCCCCCCCCNC(=O)CCCCCCC/C=C\C[C@H](O)CCCCCC. The third kappa shape index (κ3) is 31.3. The number of aliphatic hydroxyl groups is 1. The van der Waals surface area contributed by atoms with Crippen molar-refractivity contribution in [3.05, 3.63) is 12.2 Å². The van der Waals surface area contributed by atoms with E-state index in [1.54, 1.807) is 0 Å². The van der Waals surface area contributed by atoms with Crippen molar-refractivity contribution in [2.24, 2.45) is 0 Å². The second-order valence-corrected chi connectivity index (χ2v) is 11.5. The van der Waals surface area contributed by atoms with Crippen LogP contribution in [0.5, 0.6) is 0 Å². The highest BCUT2D eigenvalue weighted by atomic mass is 16.3. The molecule has 1 amide bonds. The predicted octanol–water partition coefficient (Wildman–Crippen LogP) is 10.6. The zero-order valence-corrected chi connectivity index (χ0v) is 25.4. The van der Waals surface area contributed by atoms with Crippen LogP contribution in [0.4, 0.5) is 0 Å². The molecule has 3 nitrogen and oxygen atoms in total. The van der Waals surface area contributed by atoms with E-state index in [2.05, 4.69) is 31.3 Å². The van der Waals surface area contributed by atoms with Gasteiger partial charge >= 0.3 is 0 Å². The number of rotatable bonds is 30. The fourth-order valence-corrected chi connectivity index (χ4v) is 5.01. The van der Waals surface area contributed by atoms with E-state index >= 15 is 0 Å². The molecule has 0 aliphatic heterocycles. The quantitative estimate of drug-likeness (QED) is 0.0729. The monoisotopic (exact) mass is 522 g/mol. The van der Waals surface area contributed by atoms with Crippen LogP contribution in [0.25, 0.3) is 0 Å². The molecule has 0 bridgehead atoms. The first-order valence-corrected chi connectivity index (χ1v) is 16.8. The van der Waals surface area contributed by atoms with Gasteiger partial charge in [0, 0.05) is 13.0 Å². The Morgan fingerprint density at radius 2 is 1.05 bits per heavy atom. The highest BCUT2D eigenvalue weighted by molar-refractivity contribution is 5.75. The van der Waals surface area contributed by atoms with Gasteiger partial charge in [0.1, 0.15) is 0 Å². The summed E-state index contributed by atoms with van der Waals surface area (Å²) in [6, 6.07) is 0. The number of nitrogens with one attached hydrogen (secondary N) is 1. The minimum absolute atomic E-state index is 0.159. The lowest BCUT2D eigenvalue weighted by atomic mass is 10.0. The summed E-state index contributed by atoms with van der Waals surface area (Å²) in [6.07, 6.45) is 37.8. The maximum Gasteiger partial charge on any atom is 0.219 e. The first kappa shape index (κ1) is 36.2. The highest BCUT2D eigenvalue weighted by Gasteiger charge is 2.02. The number of aliphatic hydroxyl groups excluding tert-OH is 1. The number of hydrogen-bond donors (Lipinski definition) is 2. The smallest absolute Gasteiger partial charge is 0.219 e. The minimum atomic E-state index is -0.159. The van der Waals surface area contributed by atoms with E-state index in [9.17, 15) is 9.90 Å². The van der Waals surface area contributed by atoms with Crippen LogP contribution in [0, 0.1) is 0 Å². The topological polar surface area (TPSA) is 49.3 Å². The molecule has 2 N–H and O–H groups in total. The molecule has 0 aliphatic rings. The van der Waals surface area contributed by atoms with Crippen LogP contribution in [-0.4, -0.2) is 23.7 Å². The first-order chi connectivity index (χ1) is 18.2. The Morgan fingerprint density at radius 3 is 1.62 bits per heavy atom. The van der Waals surface area contributed by atoms with Crippen molar-refractivity contribution in [2.75, 3.05) is 6.54 Å². The van der Waals surface area contributed by atoms with Crippen molar-refractivity contribution >= 4 is 5.91 Å². The fourth-order valence-electron chi connectivity index (χ4n) is 5.01. The second-order valence-electron chi connectivity index (χ2n) is 11.5. The van der Waals surface area contributed by atoms with E-state index in [0.29, 0.717) is 6.42 Å². The lowest BCUT2D eigenvalue weighted by Crippen LogP contribution is -2.23. The summed E-state index contributed by atoms with van der Waals surface area (Å²) in [5, 5.41) is 13.1. The van der Waals surface area contributed by atoms with Crippen molar-refractivity contribution in [1.82, 2.24) is 5.32 Å². The molecule has 0 spiro atoms. The number of carbonyl (C=O) groups is 1. The highest BCUT2D eigenvalue weighted by Crippen LogP contribution is 2.13. The molecule has 0 radical (unpaired) electrons. The molecular weight excluding hydrogens is 454 g/mol. The maximum atomic E-state index is 12.0. The van der Waals surface area contributed by atoms with Gasteiger partial charge in [-0.05, 0) is 38.5 Å². The summed E-state index contributed by atoms with van der Waals surface area (Å²) in [5.74, 6) is 0.242. The molecule has 0 fully saturated rings. The summed E-state index contributed by atoms with van der Waals surface area (Å²) in [7, 11) is 0. The van der Waals surface area contributed by atoms with Crippen molar-refractivity contribution in [2.45, 2.75) is 193 Å². The number of hydrogen-bond acceptors (Lipinski definition) is 2. The molecule has 0 aromatic carbocycles. The van der Waals surface area contributed by atoms with Gasteiger partial charge in [0.15, 0.2) is 0 Å². The van der Waals surface area contributed by atoms with Crippen LogP contribution in [0.1, 0.15) is 187 Å². The standard InChI is InChI=1S/C34H67NO2/c1-3-5-7-9-10-11-12-13-14-15-18-21-24-28-32-35-34(37)31-27-23-20-17-16-19-22-26-30-33(36)29-25-8-6-4-2/h22,26,33,36H,3-21,23-25,27-32H2,1-2H3,(H,35,37)/b26-22-/t33-/m1/s1. The number of carbonyl (C=O) groups excluding carboxylic acids is 1. The molecule has 0 rings (SSSR count). The van der Waals surface area contributed by atoms with E-state index in [-0.39, 0.29) is 12.0 Å². The van der Waals surface area contributed by atoms with Crippen molar-refractivity contribution < 1.29 is 9.90 Å². The van der Waals surface area contributed by atoms with Gasteiger partial charge < -0.3 is 10.4 Å². The van der Waals surface area contributed by atoms with Crippen LogP contribution in [0.3, 0.4) is 0 Å². The zero-order valence-electron chi connectivity index (χ0n) is 25.4. The molecule has 0 heterocycles. The van der Waals surface area contributed by atoms with Crippen molar-refractivity contribution in [3.8, 4) is 0 Å². The van der Waals surface area contributed by atoms with Crippen LogP contribution < -0.4 is 5.32 Å². The Labute approximate surface area is 233 Å². The second kappa shape index (κ2) is 31.4. The van der Waals surface area contributed by atoms with Gasteiger partial charge in [-0.15, -0.1) is 0 Å². The Balaban J connectivity index is 3.26. The molecule has 0 aliphatic carbocycles. The Hall–Kier alpha value is -0.830. The Kier molecular flexibility index (Phi) is 30.7.